The van der Waals surface area contributed by atoms with E-state index in [0.29, 0.717) is 17.7 Å². The number of anilines is 1. The van der Waals surface area contributed by atoms with Crippen molar-refractivity contribution >= 4 is 43.2 Å². The first-order valence-corrected chi connectivity index (χ1v) is 12.7. The molecule has 1 aromatic carbocycles. The van der Waals surface area contributed by atoms with Gasteiger partial charge >= 0.3 is 0 Å². The molecule has 2 atom stereocenters. The lowest BCUT2D eigenvalue weighted by atomic mass is 9.90. The lowest BCUT2D eigenvalue weighted by Crippen LogP contribution is -2.38. The van der Waals surface area contributed by atoms with Crippen LogP contribution in [0.1, 0.15) is 36.3 Å². The van der Waals surface area contributed by atoms with E-state index in [0.717, 1.165) is 50.5 Å². The van der Waals surface area contributed by atoms with Gasteiger partial charge in [-0.3, -0.25) is 19.2 Å². The molecule has 3 aromatic rings. The van der Waals surface area contributed by atoms with Gasteiger partial charge in [0.2, 0.25) is 5.95 Å². The number of benzene rings is 1. The smallest absolute Gasteiger partial charge is 0.255 e. The van der Waals surface area contributed by atoms with E-state index in [1.807, 2.05) is 19.2 Å². The largest absolute Gasteiger partial charge is 0.342 e. The Kier molecular flexibility index (Phi) is 12.1. The predicted octanol–water partition coefficient (Wildman–Crippen LogP) is 4.63. The third kappa shape index (κ3) is 7.27. The molecule has 0 radical (unpaired) electrons. The van der Waals surface area contributed by atoms with Gasteiger partial charge < -0.3 is 9.80 Å². The molecule has 2 fully saturated rings. The van der Waals surface area contributed by atoms with Crippen LogP contribution in [0.3, 0.4) is 0 Å². The quantitative estimate of drug-likeness (QED) is 0.423. The van der Waals surface area contributed by atoms with Crippen LogP contribution in [0.2, 0.25) is 0 Å². The van der Waals surface area contributed by atoms with Crippen molar-refractivity contribution in [3.05, 3.63) is 76.3 Å². The molecule has 0 aliphatic carbocycles. The minimum atomic E-state index is -0.0355. The molecule has 2 aromatic heterocycles. The molecule has 0 spiro atoms. The first kappa shape index (κ1) is 32.1. The molecule has 1 unspecified atom stereocenters. The number of likely N-dealkylation sites (tertiary alicyclic amines) is 1. The Bertz CT molecular complexity index is 1210. The van der Waals surface area contributed by atoms with E-state index in [2.05, 4.69) is 58.0 Å². The third-order valence-corrected chi connectivity index (χ3v) is 7.63. The molecule has 0 amide bonds. The van der Waals surface area contributed by atoms with Gasteiger partial charge in [0, 0.05) is 75.8 Å². The maximum absolute atomic E-state index is 12.7. The van der Waals surface area contributed by atoms with Gasteiger partial charge in [0.1, 0.15) is 0 Å². The van der Waals surface area contributed by atoms with Crippen molar-refractivity contribution in [1.29, 1.82) is 0 Å². The standard InChI is InChI=1S/C28H36N6O.3ClH/c1-31(2)25-12-16-33(20-25)18-21-6-8-22(9-7-21)24-5-4-15-34(19-24)28-30-26(17-27(35)32(28)3)23-10-13-29-14-11-23;;;/h6-11,13-14,17,24-25H,4-5,12,15-16,18-20H2,1-3H3;3*1H/t24?,25-;;;/m0.../s1. The van der Waals surface area contributed by atoms with Crippen LogP contribution in [0, 0.1) is 0 Å². The minimum Gasteiger partial charge on any atom is -0.342 e. The SMILES string of the molecule is CN(C)[C@H]1CCN(Cc2ccc(C3CCCN(c4nc(-c5ccncc5)cc(=O)n4C)C3)cc2)C1.Cl.Cl.Cl. The number of likely N-dealkylation sites (N-methyl/N-ethyl adjacent to an activating group) is 1. The van der Waals surface area contributed by atoms with Gasteiger partial charge in [0.25, 0.3) is 5.56 Å². The number of nitrogens with zero attached hydrogens (tertiary/aromatic N) is 6. The summed E-state index contributed by atoms with van der Waals surface area (Å²) in [6, 6.07) is 15.3. The van der Waals surface area contributed by atoms with Gasteiger partial charge in [-0.2, -0.15) is 0 Å². The molecule has 5 rings (SSSR count). The highest BCUT2D eigenvalue weighted by Crippen LogP contribution is 2.30. The molecule has 0 saturated carbocycles. The van der Waals surface area contributed by atoms with E-state index in [9.17, 15) is 4.79 Å². The highest BCUT2D eigenvalue weighted by atomic mass is 35.5. The molecule has 4 heterocycles. The van der Waals surface area contributed by atoms with Crippen LogP contribution in [0.4, 0.5) is 5.95 Å². The fourth-order valence-corrected chi connectivity index (χ4v) is 5.44. The second-order valence-electron chi connectivity index (χ2n) is 10.2. The first-order valence-electron chi connectivity index (χ1n) is 12.7. The number of pyridine rings is 1. The van der Waals surface area contributed by atoms with Crippen LogP contribution < -0.4 is 10.5 Å². The molecule has 0 bridgehead atoms. The molecule has 2 aliphatic heterocycles. The van der Waals surface area contributed by atoms with Crippen molar-refractivity contribution in [2.24, 2.45) is 7.05 Å². The van der Waals surface area contributed by atoms with Crippen LogP contribution >= 0.6 is 37.2 Å². The summed E-state index contributed by atoms with van der Waals surface area (Å²) >= 11 is 0. The number of rotatable bonds is 6. The number of aromatic nitrogens is 3. The summed E-state index contributed by atoms with van der Waals surface area (Å²) in [5.41, 5.74) is 4.34. The Hall–Kier alpha value is -2.16. The van der Waals surface area contributed by atoms with Crippen LogP contribution in [0.15, 0.2) is 59.7 Å². The van der Waals surface area contributed by atoms with Crippen molar-refractivity contribution in [2.75, 3.05) is 45.2 Å². The summed E-state index contributed by atoms with van der Waals surface area (Å²) < 4.78 is 1.67. The minimum absolute atomic E-state index is 0. The molecular weight excluding hydrogens is 543 g/mol. The molecule has 38 heavy (non-hydrogen) atoms. The van der Waals surface area contributed by atoms with Gasteiger partial charge in [0.05, 0.1) is 5.69 Å². The zero-order valence-corrected chi connectivity index (χ0v) is 24.8. The molecule has 2 saturated heterocycles. The third-order valence-electron chi connectivity index (χ3n) is 7.63. The Morgan fingerprint density at radius 2 is 1.66 bits per heavy atom. The summed E-state index contributed by atoms with van der Waals surface area (Å²) in [6.45, 7) is 5.13. The van der Waals surface area contributed by atoms with E-state index in [-0.39, 0.29) is 42.8 Å². The van der Waals surface area contributed by atoms with E-state index in [4.69, 9.17) is 4.98 Å². The molecule has 208 valence electrons. The average Bonchev–Trinajstić information content (AvgIpc) is 3.35. The van der Waals surface area contributed by atoms with Gasteiger partial charge in [-0.05, 0) is 56.6 Å². The van der Waals surface area contributed by atoms with Gasteiger partial charge in [-0.15, -0.1) is 37.2 Å². The lowest BCUT2D eigenvalue weighted by molar-refractivity contribution is 0.264. The second-order valence-corrected chi connectivity index (χ2v) is 10.2. The Balaban J connectivity index is 0.00000169. The molecular formula is C28H39Cl3N6O. The van der Waals surface area contributed by atoms with Gasteiger partial charge in [0.15, 0.2) is 0 Å². The lowest BCUT2D eigenvalue weighted by Gasteiger charge is -2.34. The van der Waals surface area contributed by atoms with Crippen LogP contribution in [0.25, 0.3) is 11.3 Å². The van der Waals surface area contributed by atoms with Crippen LogP contribution in [0.5, 0.6) is 0 Å². The molecule has 7 nitrogen and oxygen atoms in total. The number of piperidine rings is 1. The molecule has 10 heteroatoms. The second kappa shape index (κ2) is 14.3. The van der Waals surface area contributed by atoms with Crippen molar-refractivity contribution < 1.29 is 0 Å². The summed E-state index contributed by atoms with van der Waals surface area (Å²) in [7, 11) is 6.18. The van der Waals surface area contributed by atoms with Crippen molar-refractivity contribution in [1.82, 2.24) is 24.3 Å². The summed E-state index contributed by atoms with van der Waals surface area (Å²) in [6.07, 6.45) is 6.96. The number of hydrogen-bond acceptors (Lipinski definition) is 6. The normalized spacial score (nSPS) is 19.4. The van der Waals surface area contributed by atoms with E-state index in [1.165, 1.54) is 24.1 Å². The maximum Gasteiger partial charge on any atom is 0.255 e. The summed E-state index contributed by atoms with van der Waals surface area (Å²) in [5.74, 6) is 1.18. The van der Waals surface area contributed by atoms with Crippen molar-refractivity contribution in [2.45, 2.75) is 37.8 Å². The fourth-order valence-electron chi connectivity index (χ4n) is 5.44. The van der Waals surface area contributed by atoms with Gasteiger partial charge in [-0.1, -0.05) is 24.3 Å². The molecule has 0 N–H and O–H groups in total. The number of hydrogen-bond donors (Lipinski definition) is 0. The predicted molar refractivity (Wildman–Crippen MR) is 162 cm³/mol. The van der Waals surface area contributed by atoms with Crippen LogP contribution in [-0.2, 0) is 13.6 Å². The molecule has 2 aliphatic rings. The maximum atomic E-state index is 12.7. The summed E-state index contributed by atoms with van der Waals surface area (Å²) in [5, 5.41) is 0. The highest BCUT2D eigenvalue weighted by Gasteiger charge is 2.26. The van der Waals surface area contributed by atoms with Crippen LogP contribution in [-0.4, -0.2) is 70.7 Å². The topological polar surface area (TPSA) is 57.5 Å². The summed E-state index contributed by atoms with van der Waals surface area (Å²) in [4.78, 5) is 28.9. The Morgan fingerprint density at radius 3 is 2.32 bits per heavy atom. The average molecular weight is 582 g/mol. The zero-order valence-electron chi connectivity index (χ0n) is 22.3. The van der Waals surface area contributed by atoms with Crippen molar-refractivity contribution in [3.8, 4) is 11.3 Å². The number of halogens is 3. The van der Waals surface area contributed by atoms with E-state index >= 15 is 0 Å². The Labute approximate surface area is 244 Å². The van der Waals surface area contributed by atoms with Gasteiger partial charge in [-0.25, -0.2) is 4.98 Å². The fraction of sp³-hybridized carbons (Fsp3) is 0.464. The Morgan fingerprint density at radius 1 is 0.947 bits per heavy atom. The van der Waals surface area contributed by atoms with Crippen molar-refractivity contribution in [3.63, 3.8) is 0 Å². The zero-order chi connectivity index (χ0) is 24.4. The monoisotopic (exact) mass is 580 g/mol. The first-order chi connectivity index (χ1) is 17.0. The van der Waals surface area contributed by atoms with E-state index < -0.39 is 0 Å². The van der Waals surface area contributed by atoms with E-state index in [1.54, 1.807) is 23.0 Å². The highest BCUT2D eigenvalue weighted by molar-refractivity contribution is 5.86.